The third-order valence-electron chi connectivity index (χ3n) is 4.69. The molecule has 1 aliphatic rings. The van der Waals surface area contributed by atoms with Crippen LogP contribution in [0.5, 0.6) is 0 Å². The lowest BCUT2D eigenvalue weighted by Crippen LogP contribution is -2.52. The number of ketones is 3. The third-order valence-corrected chi connectivity index (χ3v) is 4.69. The van der Waals surface area contributed by atoms with Crippen LogP contribution in [0, 0.1) is 17.8 Å². The van der Waals surface area contributed by atoms with Gasteiger partial charge in [0.25, 0.3) is 0 Å². The lowest BCUT2D eigenvalue weighted by Gasteiger charge is -2.31. The van der Waals surface area contributed by atoms with Gasteiger partial charge in [0.05, 0.1) is 12.0 Å². The largest absolute Gasteiger partial charge is 0.389 e. The molecule has 0 amide bonds. The predicted molar refractivity (Wildman–Crippen MR) is 95.9 cm³/mol. The lowest BCUT2D eigenvalue weighted by molar-refractivity contribution is -0.155. The SMILES string of the molecule is CC(C)=CCC(O)[C@@]1(O)C(=O)C(C(=O)C(C)C)C(=O)[C@H]1CC=C(C)C. The summed E-state index contributed by atoms with van der Waals surface area (Å²) in [5, 5.41) is 21.6. The van der Waals surface area contributed by atoms with Crippen molar-refractivity contribution in [3.05, 3.63) is 23.3 Å². The summed E-state index contributed by atoms with van der Waals surface area (Å²) in [5.74, 6) is -5.04. The number of carbonyl (C=O) groups excluding carboxylic acids is 3. The highest BCUT2D eigenvalue weighted by Gasteiger charge is 2.63. The second-order valence-electron chi connectivity index (χ2n) is 7.68. The fourth-order valence-electron chi connectivity index (χ4n) is 3.13. The van der Waals surface area contributed by atoms with Crippen molar-refractivity contribution in [3.8, 4) is 0 Å². The van der Waals surface area contributed by atoms with Gasteiger partial charge in [0.2, 0.25) is 0 Å². The van der Waals surface area contributed by atoms with Gasteiger partial charge in [0, 0.05) is 5.92 Å². The Labute approximate surface area is 149 Å². The minimum Gasteiger partial charge on any atom is -0.389 e. The summed E-state index contributed by atoms with van der Waals surface area (Å²) < 4.78 is 0. The van der Waals surface area contributed by atoms with E-state index in [0.717, 1.165) is 11.1 Å². The van der Waals surface area contributed by atoms with Crippen LogP contribution in [-0.4, -0.2) is 39.3 Å². The molecule has 0 radical (unpaired) electrons. The maximum Gasteiger partial charge on any atom is 0.185 e. The normalized spacial score (nSPS) is 27.4. The molecule has 1 rings (SSSR count). The highest BCUT2D eigenvalue weighted by molar-refractivity contribution is 6.27. The topological polar surface area (TPSA) is 91.7 Å². The Hall–Kier alpha value is -1.59. The van der Waals surface area contributed by atoms with E-state index in [1.54, 1.807) is 26.0 Å². The fraction of sp³-hybridized carbons (Fsp3) is 0.650. The summed E-state index contributed by atoms with van der Waals surface area (Å²) in [6.45, 7) is 10.6. The van der Waals surface area contributed by atoms with E-state index in [2.05, 4.69) is 0 Å². The molecule has 0 aromatic carbocycles. The molecule has 5 nitrogen and oxygen atoms in total. The lowest BCUT2D eigenvalue weighted by atomic mass is 9.80. The monoisotopic (exact) mass is 350 g/mol. The van der Waals surface area contributed by atoms with E-state index in [9.17, 15) is 24.6 Å². The van der Waals surface area contributed by atoms with E-state index >= 15 is 0 Å². The molecule has 4 atom stereocenters. The fourth-order valence-corrected chi connectivity index (χ4v) is 3.13. The molecule has 0 bridgehead atoms. The molecule has 0 heterocycles. The van der Waals surface area contributed by atoms with Crippen molar-refractivity contribution < 1.29 is 24.6 Å². The van der Waals surface area contributed by atoms with E-state index in [-0.39, 0.29) is 12.8 Å². The third kappa shape index (κ3) is 4.33. The zero-order chi connectivity index (χ0) is 19.5. The van der Waals surface area contributed by atoms with Crippen LogP contribution >= 0.6 is 0 Å². The van der Waals surface area contributed by atoms with Crippen LogP contribution < -0.4 is 0 Å². The van der Waals surface area contributed by atoms with E-state index in [0.29, 0.717) is 0 Å². The van der Waals surface area contributed by atoms with Crippen LogP contribution in [0.1, 0.15) is 54.4 Å². The first-order valence-electron chi connectivity index (χ1n) is 8.73. The van der Waals surface area contributed by atoms with Crippen LogP contribution in [0.3, 0.4) is 0 Å². The van der Waals surface area contributed by atoms with Gasteiger partial charge in [-0.3, -0.25) is 14.4 Å². The van der Waals surface area contributed by atoms with Crippen molar-refractivity contribution in [2.75, 3.05) is 0 Å². The first-order valence-corrected chi connectivity index (χ1v) is 8.73. The summed E-state index contributed by atoms with van der Waals surface area (Å²) >= 11 is 0. The molecule has 140 valence electrons. The Morgan fingerprint density at radius 2 is 1.64 bits per heavy atom. The van der Waals surface area contributed by atoms with Crippen LogP contribution in [0.25, 0.3) is 0 Å². The first kappa shape index (κ1) is 21.5. The molecule has 2 unspecified atom stereocenters. The molecule has 25 heavy (non-hydrogen) atoms. The van der Waals surface area contributed by atoms with Crippen molar-refractivity contribution in [1.29, 1.82) is 0 Å². The predicted octanol–water partition coefficient (Wildman–Crippen LogP) is 2.40. The summed E-state index contributed by atoms with van der Waals surface area (Å²) in [7, 11) is 0. The van der Waals surface area contributed by atoms with E-state index < -0.39 is 46.8 Å². The smallest absolute Gasteiger partial charge is 0.185 e. The van der Waals surface area contributed by atoms with E-state index in [4.69, 9.17) is 0 Å². The van der Waals surface area contributed by atoms with Gasteiger partial charge in [-0.15, -0.1) is 0 Å². The summed E-state index contributed by atoms with van der Waals surface area (Å²) in [4.78, 5) is 38.0. The van der Waals surface area contributed by atoms with Gasteiger partial charge >= 0.3 is 0 Å². The van der Waals surface area contributed by atoms with Crippen molar-refractivity contribution in [2.45, 2.75) is 66.1 Å². The number of hydrogen-bond donors (Lipinski definition) is 2. The van der Waals surface area contributed by atoms with Gasteiger partial charge in [-0.1, -0.05) is 37.1 Å². The molecular formula is C20H30O5. The summed E-state index contributed by atoms with van der Waals surface area (Å²) in [5.41, 5.74) is -0.375. The number of aliphatic hydroxyl groups is 2. The zero-order valence-electron chi connectivity index (χ0n) is 16.0. The molecule has 1 saturated carbocycles. The second kappa shape index (κ2) is 8.19. The highest BCUT2D eigenvalue weighted by atomic mass is 16.4. The van der Waals surface area contributed by atoms with Gasteiger partial charge in [0.15, 0.2) is 23.0 Å². The average molecular weight is 350 g/mol. The molecule has 2 N–H and O–H groups in total. The molecule has 0 aromatic heterocycles. The van der Waals surface area contributed by atoms with Crippen LogP contribution in [0.2, 0.25) is 0 Å². The Bertz CT molecular complexity index is 606. The maximum atomic E-state index is 12.8. The standard InChI is InChI=1S/C20H30O5/c1-11(2)7-9-14-18(23)16(17(22)13(5)6)19(24)20(14,25)15(21)10-8-12(3)4/h7-8,13-16,21,25H,9-10H2,1-6H3/t14-,15?,16?,20-/m1/s1. The van der Waals surface area contributed by atoms with Gasteiger partial charge in [-0.05, 0) is 40.5 Å². The van der Waals surface area contributed by atoms with Gasteiger partial charge in [0.1, 0.15) is 5.92 Å². The molecule has 0 spiro atoms. The minimum absolute atomic E-state index is 0.0474. The molecule has 0 aliphatic heterocycles. The van der Waals surface area contributed by atoms with Crippen molar-refractivity contribution in [2.24, 2.45) is 17.8 Å². The molecule has 0 aromatic rings. The van der Waals surface area contributed by atoms with E-state index in [1.165, 1.54) is 0 Å². The number of allylic oxidation sites excluding steroid dienone is 3. The maximum absolute atomic E-state index is 12.8. The molecule has 0 saturated heterocycles. The second-order valence-corrected chi connectivity index (χ2v) is 7.68. The molecule has 5 heteroatoms. The Kier molecular flexibility index (Phi) is 7.03. The van der Waals surface area contributed by atoms with Crippen LogP contribution in [0.4, 0.5) is 0 Å². The number of hydrogen-bond acceptors (Lipinski definition) is 5. The summed E-state index contributed by atoms with van der Waals surface area (Å²) in [6, 6.07) is 0. The molecule has 1 fully saturated rings. The Balaban J connectivity index is 3.34. The quantitative estimate of drug-likeness (QED) is 0.543. The van der Waals surface area contributed by atoms with Crippen molar-refractivity contribution in [1.82, 2.24) is 0 Å². The van der Waals surface area contributed by atoms with Crippen LogP contribution in [0.15, 0.2) is 23.3 Å². The van der Waals surface area contributed by atoms with E-state index in [1.807, 2.05) is 27.7 Å². The number of aliphatic hydroxyl groups excluding tert-OH is 1. The van der Waals surface area contributed by atoms with Gasteiger partial charge < -0.3 is 10.2 Å². The average Bonchev–Trinajstić information content (AvgIpc) is 2.69. The zero-order valence-corrected chi connectivity index (χ0v) is 16.0. The minimum atomic E-state index is -2.23. The number of Topliss-reactive ketones (excluding diaryl/α,β-unsaturated/α-hetero) is 3. The Morgan fingerprint density at radius 3 is 2.08 bits per heavy atom. The van der Waals surface area contributed by atoms with Crippen molar-refractivity contribution >= 4 is 17.3 Å². The first-order chi connectivity index (χ1) is 11.4. The molecular weight excluding hydrogens is 320 g/mol. The van der Waals surface area contributed by atoms with Gasteiger partial charge in [-0.2, -0.15) is 0 Å². The Morgan fingerprint density at radius 1 is 1.12 bits per heavy atom. The van der Waals surface area contributed by atoms with Gasteiger partial charge in [-0.25, -0.2) is 0 Å². The number of carbonyl (C=O) groups is 3. The molecule has 1 aliphatic carbocycles. The number of rotatable bonds is 7. The van der Waals surface area contributed by atoms with Crippen molar-refractivity contribution in [3.63, 3.8) is 0 Å². The highest BCUT2D eigenvalue weighted by Crippen LogP contribution is 2.41. The van der Waals surface area contributed by atoms with Crippen LogP contribution in [-0.2, 0) is 14.4 Å². The summed E-state index contributed by atoms with van der Waals surface area (Å²) in [6.07, 6.45) is 2.19.